The Balaban J connectivity index is 1.83. The van der Waals surface area contributed by atoms with E-state index in [0.717, 1.165) is 32.1 Å². The topological polar surface area (TPSA) is 68.5 Å². The number of nitrogens with one attached hydrogen (secondary N) is 1. The second-order valence-corrected chi connectivity index (χ2v) is 9.05. The maximum atomic E-state index is 13.4. The summed E-state index contributed by atoms with van der Waals surface area (Å²) in [4.78, 5) is 25.9. The predicted molar refractivity (Wildman–Crippen MR) is 112 cm³/mol. The highest BCUT2D eigenvalue weighted by Crippen LogP contribution is 2.29. The molecule has 30 heavy (non-hydrogen) atoms. The molecule has 1 aromatic carbocycles. The third-order valence-corrected chi connectivity index (χ3v) is 5.43. The van der Waals surface area contributed by atoms with Gasteiger partial charge < -0.3 is 14.5 Å². The monoisotopic (exact) mass is 415 g/mol. The second-order valence-electron chi connectivity index (χ2n) is 9.05. The summed E-state index contributed by atoms with van der Waals surface area (Å²) in [6.45, 7) is 7.72. The number of carbonyl (C=O) groups excluding carboxylic acids is 2. The first-order chi connectivity index (χ1) is 14.1. The zero-order valence-corrected chi connectivity index (χ0v) is 18.1. The fourth-order valence-electron chi connectivity index (χ4n) is 3.65. The zero-order chi connectivity index (χ0) is 21.9. The first-order valence-corrected chi connectivity index (χ1v) is 10.5. The van der Waals surface area contributed by atoms with Crippen molar-refractivity contribution in [2.75, 3.05) is 0 Å². The molecule has 0 bridgehead atoms. The van der Waals surface area contributed by atoms with E-state index >= 15 is 0 Å². The number of hydrogen-bond acceptors (Lipinski definition) is 4. The van der Waals surface area contributed by atoms with Crippen molar-refractivity contribution in [1.29, 1.82) is 0 Å². The Morgan fingerprint density at radius 3 is 2.33 bits per heavy atom. The van der Waals surface area contributed by atoms with E-state index in [1.165, 1.54) is 24.3 Å². The maximum absolute atomic E-state index is 13.4. The van der Waals surface area contributed by atoms with Gasteiger partial charge in [-0.25, -0.2) is 9.18 Å². The molecular formula is C24H30FNO4. The van der Waals surface area contributed by atoms with E-state index in [2.05, 4.69) is 5.32 Å². The van der Waals surface area contributed by atoms with Crippen molar-refractivity contribution in [2.24, 2.45) is 0 Å². The van der Waals surface area contributed by atoms with E-state index in [1.54, 1.807) is 6.92 Å². The lowest BCUT2D eigenvalue weighted by Gasteiger charge is -2.25. The number of amides is 1. The Bertz CT molecular complexity index is 889. The third-order valence-electron chi connectivity index (χ3n) is 5.43. The van der Waals surface area contributed by atoms with Gasteiger partial charge in [-0.2, -0.15) is 0 Å². The van der Waals surface area contributed by atoms with Crippen LogP contribution in [0.5, 0.6) is 0 Å². The van der Waals surface area contributed by atoms with Gasteiger partial charge in [0.25, 0.3) is 5.91 Å². The van der Waals surface area contributed by atoms with E-state index < -0.39 is 23.8 Å². The van der Waals surface area contributed by atoms with Gasteiger partial charge in [0.15, 0.2) is 0 Å². The van der Waals surface area contributed by atoms with Crippen molar-refractivity contribution >= 4 is 11.9 Å². The summed E-state index contributed by atoms with van der Waals surface area (Å²) in [7, 11) is 0. The molecule has 1 aliphatic carbocycles. The SMILES string of the molecule is Cc1cc(C(C)(C)C)oc1C(=O)O[C@@H](C(=O)NC1CCCCC1)c1ccc(F)cc1. The molecule has 5 nitrogen and oxygen atoms in total. The van der Waals surface area contributed by atoms with E-state index in [-0.39, 0.29) is 17.2 Å². The van der Waals surface area contributed by atoms with Gasteiger partial charge in [-0.1, -0.05) is 52.2 Å². The summed E-state index contributed by atoms with van der Waals surface area (Å²) in [6, 6.07) is 7.30. The molecule has 0 radical (unpaired) electrons. The molecule has 0 aliphatic heterocycles. The molecule has 6 heteroatoms. The van der Waals surface area contributed by atoms with Gasteiger partial charge in [-0.3, -0.25) is 4.79 Å². The van der Waals surface area contributed by atoms with Gasteiger partial charge in [0, 0.05) is 22.6 Å². The fraction of sp³-hybridized carbons (Fsp3) is 0.500. The van der Waals surface area contributed by atoms with Crippen LogP contribution in [0.15, 0.2) is 34.7 Å². The molecule has 1 atom stereocenters. The molecule has 1 saturated carbocycles. The molecule has 1 amide bonds. The summed E-state index contributed by atoms with van der Waals surface area (Å²) in [6.07, 6.45) is 3.92. The molecule has 1 heterocycles. The molecule has 0 spiro atoms. The summed E-state index contributed by atoms with van der Waals surface area (Å²) in [5, 5.41) is 2.99. The van der Waals surface area contributed by atoms with Gasteiger partial charge in [-0.05, 0) is 38.0 Å². The number of rotatable bonds is 5. The number of esters is 1. The molecular weight excluding hydrogens is 385 g/mol. The van der Waals surface area contributed by atoms with Gasteiger partial charge in [0.2, 0.25) is 11.9 Å². The molecule has 162 valence electrons. The van der Waals surface area contributed by atoms with Crippen LogP contribution in [0, 0.1) is 12.7 Å². The van der Waals surface area contributed by atoms with Crippen molar-refractivity contribution in [1.82, 2.24) is 5.32 Å². The van der Waals surface area contributed by atoms with Crippen molar-refractivity contribution < 1.29 is 23.1 Å². The summed E-state index contributed by atoms with van der Waals surface area (Å²) < 4.78 is 24.8. The molecule has 0 unspecified atom stereocenters. The number of aryl methyl sites for hydroxylation is 1. The van der Waals surface area contributed by atoms with Crippen molar-refractivity contribution in [2.45, 2.75) is 77.4 Å². The Morgan fingerprint density at radius 2 is 1.77 bits per heavy atom. The fourth-order valence-corrected chi connectivity index (χ4v) is 3.65. The Labute approximate surface area is 177 Å². The average Bonchev–Trinajstić information content (AvgIpc) is 3.10. The van der Waals surface area contributed by atoms with Crippen LogP contribution in [0.4, 0.5) is 4.39 Å². The quantitative estimate of drug-likeness (QED) is 0.667. The standard InChI is InChI=1S/C24H30FNO4/c1-15-14-19(24(2,3)4)29-20(15)23(28)30-21(16-10-12-17(25)13-11-16)22(27)26-18-8-6-5-7-9-18/h10-14,18,21H,5-9H2,1-4H3,(H,26,27)/t21-/m1/s1. The van der Waals surface area contributed by atoms with Crippen molar-refractivity contribution in [3.63, 3.8) is 0 Å². The summed E-state index contributed by atoms with van der Waals surface area (Å²) in [5.41, 5.74) is 0.798. The summed E-state index contributed by atoms with van der Waals surface area (Å²) in [5.74, 6) is -0.791. The van der Waals surface area contributed by atoms with Crippen LogP contribution in [0.25, 0.3) is 0 Å². The van der Waals surface area contributed by atoms with Crippen LogP contribution in [-0.4, -0.2) is 17.9 Å². The smallest absolute Gasteiger partial charge is 0.375 e. The lowest BCUT2D eigenvalue weighted by atomic mass is 9.93. The average molecular weight is 416 g/mol. The van der Waals surface area contributed by atoms with Gasteiger partial charge in [0.05, 0.1) is 0 Å². The Kier molecular flexibility index (Phi) is 6.64. The molecule has 0 saturated heterocycles. The zero-order valence-electron chi connectivity index (χ0n) is 18.1. The minimum atomic E-state index is -1.18. The molecule has 2 aromatic rings. The summed E-state index contributed by atoms with van der Waals surface area (Å²) >= 11 is 0. The Morgan fingerprint density at radius 1 is 1.13 bits per heavy atom. The van der Waals surface area contributed by atoms with Crippen LogP contribution >= 0.6 is 0 Å². The minimum absolute atomic E-state index is 0.0609. The van der Waals surface area contributed by atoms with Crippen LogP contribution in [-0.2, 0) is 14.9 Å². The van der Waals surface area contributed by atoms with Crippen LogP contribution in [0.2, 0.25) is 0 Å². The molecule has 1 aromatic heterocycles. The maximum Gasteiger partial charge on any atom is 0.375 e. The first kappa shape index (κ1) is 22.1. The van der Waals surface area contributed by atoms with Gasteiger partial charge in [0.1, 0.15) is 11.6 Å². The lowest BCUT2D eigenvalue weighted by Crippen LogP contribution is -2.40. The number of halogens is 1. The highest BCUT2D eigenvalue weighted by atomic mass is 19.1. The van der Waals surface area contributed by atoms with E-state index in [9.17, 15) is 14.0 Å². The highest BCUT2D eigenvalue weighted by molar-refractivity contribution is 5.92. The predicted octanol–water partition coefficient (Wildman–Crippen LogP) is 5.37. The first-order valence-electron chi connectivity index (χ1n) is 10.5. The van der Waals surface area contributed by atoms with Crippen molar-refractivity contribution in [3.8, 4) is 0 Å². The number of hydrogen-bond donors (Lipinski definition) is 1. The van der Waals surface area contributed by atoms with Crippen LogP contribution < -0.4 is 5.32 Å². The Hall–Kier alpha value is -2.63. The third kappa shape index (κ3) is 5.29. The molecule has 1 fully saturated rings. The molecule has 1 aliphatic rings. The van der Waals surface area contributed by atoms with Gasteiger partial charge in [-0.15, -0.1) is 0 Å². The van der Waals surface area contributed by atoms with Crippen LogP contribution in [0.3, 0.4) is 0 Å². The van der Waals surface area contributed by atoms with Crippen LogP contribution in [0.1, 0.15) is 86.4 Å². The minimum Gasteiger partial charge on any atom is -0.453 e. The molecule has 3 rings (SSSR count). The number of ether oxygens (including phenoxy) is 1. The number of benzene rings is 1. The second kappa shape index (κ2) is 9.02. The van der Waals surface area contributed by atoms with E-state index in [0.29, 0.717) is 16.9 Å². The largest absolute Gasteiger partial charge is 0.453 e. The van der Waals surface area contributed by atoms with E-state index in [1.807, 2.05) is 26.8 Å². The number of carbonyl (C=O) groups is 2. The van der Waals surface area contributed by atoms with Gasteiger partial charge >= 0.3 is 5.97 Å². The molecule has 1 N–H and O–H groups in total. The number of furan rings is 1. The highest BCUT2D eigenvalue weighted by Gasteiger charge is 2.31. The van der Waals surface area contributed by atoms with E-state index in [4.69, 9.17) is 9.15 Å². The van der Waals surface area contributed by atoms with Crippen molar-refractivity contribution in [3.05, 3.63) is 58.8 Å². The lowest BCUT2D eigenvalue weighted by molar-refractivity contribution is -0.131. The normalized spacial score (nSPS) is 16.2.